The van der Waals surface area contributed by atoms with E-state index in [1.807, 2.05) is 17.5 Å². The van der Waals surface area contributed by atoms with Crippen LogP contribution in [0.1, 0.15) is 34.5 Å². The van der Waals surface area contributed by atoms with Crippen LogP contribution in [0, 0.1) is 16.7 Å². The number of thiophene rings is 1. The molecule has 1 aliphatic rings. The number of nitriles is 1. The third-order valence-corrected chi connectivity index (χ3v) is 6.88. The van der Waals surface area contributed by atoms with Crippen LogP contribution in [-0.2, 0) is 16.5 Å². The summed E-state index contributed by atoms with van der Waals surface area (Å²) in [6, 6.07) is 13.1. The van der Waals surface area contributed by atoms with Crippen LogP contribution in [0.5, 0.6) is 0 Å². The van der Waals surface area contributed by atoms with Gasteiger partial charge in [0.15, 0.2) is 5.96 Å². The van der Waals surface area contributed by atoms with E-state index in [-0.39, 0.29) is 11.7 Å². The van der Waals surface area contributed by atoms with E-state index in [1.165, 1.54) is 24.5 Å². The van der Waals surface area contributed by atoms with Crippen LogP contribution in [0.4, 0.5) is 13.2 Å². The third-order valence-electron chi connectivity index (χ3n) is 5.71. The number of benzene rings is 1. The van der Waals surface area contributed by atoms with Gasteiger partial charge in [-0.15, -0.1) is 11.3 Å². The molecule has 0 saturated carbocycles. The van der Waals surface area contributed by atoms with Gasteiger partial charge in [0.25, 0.3) is 0 Å². The second kappa shape index (κ2) is 8.01. The Labute approximate surface area is 191 Å². The first-order valence-corrected chi connectivity index (χ1v) is 10.7. The Kier molecular flexibility index (Phi) is 5.46. The van der Waals surface area contributed by atoms with Gasteiger partial charge in [-0.3, -0.25) is 20.1 Å². The Morgan fingerprint density at radius 1 is 1.24 bits per heavy atom. The summed E-state index contributed by atoms with van der Waals surface area (Å²) in [5.41, 5.74) is 0.298. The number of hydrogen-bond acceptors (Lipinski definition) is 5. The molecule has 2 aromatic heterocycles. The van der Waals surface area contributed by atoms with Crippen LogP contribution in [0.2, 0.25) is 0 Å². The third kappa shape index (κ3) is 3.96. The number of likely N-dealkylation sites (N-methyl/N-ethyl adjacent to an activating group) is 1. The Morgan fingerprint density at radius 3 is 2.64 bits per heavy atom. The summed E-state index contributed by atoms with van der Waals surface area (Å²) in [5, 5.41) is 22.3. The summed E-state index contributed by atoms with van der Waals surface area (Å²) in [7, 11) is 1.43. The predicted molar refractivity (Wildman–Crippen MR) is 117 cm³/mol. The van der Waals surface area contributed by atoms with Crippen molar-refractivity contribution in [1.29, 1.82) is 10.7 Å². The number of carbonyl (C=O) groups excluding carboxylic acids is 1. The van der Waals surface area contributed by atoms with E-state index in [2.05, 4.69) is 16.4 Å². The maximum absolute atomic E-state index is 13.2. The van der Waals surface area contributed by atoms with Crippen molar-refractivity contribution in [3.05, 3.63) is 75.7 Å². The van der Waals surface area contributed by atoms with Gasteiger partial charge in [-0.1, -0.05) is 12.1 Å². The van der Waals surface area contributed by atoms with E-state index >= 15 is 0 Å². The van der Waals surface area contributed by atoms with Crippen LogP contribution in [0.15, 0.2) is 54.0 Å². The Balaban J connectivity index is 1.79. The van der Waals surface area contributed by atoms with Gasteiger partial charge >= 0.3 is 6.18 Å². The molecule has 1 fully saturated rings. The van der Waals surface area contributed by atoms with E-state index in [1.54, 1.807) is 25.1 Å². The number of halogens is 3. The van der Waals surface area contributed by atoms with Crippen LogP contribution >= 0.6 is 11.3 Å². The number of amides is 1. The van der Waals surface area contributed by atoms with E-state index < -0.39 is 29.1 Å². The standard InChI is InChI=1S/C23H18F3N5OS/c1-22(18-9-15(12-33-18)14-5-3-4-13(8-14)10-27)19(20(32)31(2)21(28)30-22)17-7-6-16(11-29-17)23(24,25)26/h3-9,11-12,19H,1-2H3,(H2,28,30)/t19-,22-/m1/s1. The first kappa shape index (κ1) is 22.5. The molecule has 0 aliphatic carbocycles. The summed E-state index contributed by atoms with van der Waals surface area (Å²) in [5.74, 6) is -1.53. The Morgan fingerprint density at radius 2 is 2.00 bits per heavy atom. The lowest BCUT2D eigenvalue weighted by molar-refractivity contribution is -0.137. The van der Waals surface area contributed by atoms with Crippen molar-refractivity contribution in [2.45, 2.75) is 24.6 Å². The second-order valence-electron chi connectivity index (χ2n) is 7.87. The average molecular weight is 469 g/mol. The minimum absolute atomic E-state index is 0.118. The second-order valence-corrected chi connectivity index (χ2v) is 8.78. The van der Waals surface area contributed by atoms with Gasteiger partial charge in [0.1, 0.15) is 5.92 Å². The highest BCUT2D eigenvalue weighted by Crippen LogP contribution is 2.44. The van der Waals surface area contributed by atoms with E-state index in [4.69, 9.17) is 5.41 Å². The Bertz CT molecular complexity index is 1280. The van der Waals surface area contributed by atoms with Crippen LogP contribution in [-0.4, -0.2) is 28.8 Å². The first-order chi connectivity index (χ1) is 15.5. The number of guanidine groups is 1. The van der Waals surface area contributed by atoms with Crippen molar-refractivity contribution < 1.29 is 18.0 Å². The van der Waals surface area contributed by atoms with Crippen molar-refractivity contribution in [1.82, 2.24) is 15.2 Å². The van der Waals surface area contributed by atoms with E-state index in [0.29, 0.717) is 10.4 Å². The zero-order chi connectivity index (χ0) is 24.0. The van der Waals surface area contributed by atoms with Gasteiger partial charge < -0.3 is 5.32 Å². The van der Waals surface area contributed by atoms with Gasteiger partial charge in [0.05, 0.1) is 28.4 Å². The summed E-state index contributed by atoms with van der Waals surface area (Å²) in [6.45, 7) is 1.73. The minimum atomic E-state index is -4.54. The molecule has 2 N–H and O–H groups in total. The molecule has 1 saturated heterocycles. The molecule has 1 aliphatic heterocycles. The fourth-order valence-corrected chi connectivity index (χ4v) is 4.92. The van der Waals surface area contributed by atoms with Crippen LogP contribution < -0.4 is 5.32 Å². The Hall–Kier alpha value is -3.71. The molecule has 1 amide bonds. The molecule has 4 rings (SSSR count). The molecular weight excluding hydrogens is 451 g/mol. The molecule has 1 aromatic carbocycles. The number of aromatic nitrogens is 1. The molecule has 6 nitrogen and oxygen atoms in total. The number of hydrogen-bond donors (Lipinski definition) is 2. The van der Waals surface area contributed by atoms with Gasteiger partial charge in [-0.2, -0.15) is 18.4 Å². The molecule has 0 unspecified atom stereocenters. The summed E-state index contributed by atoms with van der Waals surface area (Å²) < 4.78 is 39.0. The molecule has 0 spiro atoms. The highest BCUT2D eigenvalue weighted by atomic mass is 32.1. The molecule has 3 aromatic rings. The maximum Gasteiger partial charge on any atom is 0.417 e. The fourth-order valence-electron chi connectivity index (χ4n) is 3.85. The zero-order valence-corrected chi connectivity index (χ0v) is 18.4. The highest BCUT2D eigenvalue weighted by molar-refractivity contribution is 7.10. The van der Waals surface area contributed by atoms with Crippen molar-refractivity contribution in [3.8, 4) is 17.2 Å². The normalized spacial score (nSPS) is 21.0. The van der Waals surface area contributed by atoms with Crippen molar-refractivity contribution >= 4 is 23.2 Å². The average Bonchev–Trinajstić information content (AvgIpc) is 3.29. The predicted octanol–water partition coefficient (Wildman–Crippen LogP) is 4.70. The zero-order valence-electron chi connectivity index (χ0n) is 17.6. The molecular formula is C23H18F3N5OS. The number of nitrogens with one attached hydrogen (secondary N) is 2. The molecule has 3 heterocycles. The lowest BCUT2D eigenvalue weighted by atomic mass is 9.78. The number of pyridine rings is 1. The highest BCUT2D eigenvalue weighted by Gasteiger charge is 2.50. The molecule has 33 heavy (non-hydrogen) atoms. The molecule has 0 bridgehead atoms. The van der Waals surface area contributed by atoms with Gasteiger partial charge in [-0.25, -0.2) is 0 Å². The van der Waals surface area contributed by atoms with Crippen molar-refractivity contribution in [2.24, 2.45) is 0 Å². The van der Waals surface area contributed by atoms with E-state index in [9.17, 15) is 23.2 Å². The monoisotopic (exact) mass is 469 g/mol. The number of nitrogens with zero attached hydrogens (tertiary/aromatic N) is 3. The van der Waals surface area contributed by atoms with Gasteiger partial charge in [0, 0.05) is 18.1 Å². The SMILES string of the molecule is CN1C(=N)N[C@](C)(c2cc(-c3cccc(C#N)c3)cs2)[C@H](c2ccc(C(F)(F)F)cn2)C1=O. The summed E-state index contributed by atoms with van der Waals surface area (Å²) in [4.78, 5) is 19.0. The molecule has 0 radical (unpaired) electrons. The van der Waals surface area contributed by atoms with E-state index in [0.717, 1.165) is 28.3 Å². The van der Waals surface area contributed by atoms with Crippen molar-refractivity contribution in [3.63, 3.8) is 0 Å². The van der Waals surface area contributed by atoms with Crippen molar-refractivity contribution in [2.75, 3.05) is 7.05 Å². The maximum atomic E-state index is 13.2. The number of carbonyl (C=O) groups is 1. The van der Waals surface area contributed by atoms with Crippen LogP contribution in [0.25, 0.3) is 11.1 Å². The largest absolute Gasteiger partial charge is 0.417 e. The van der Waals surface area contributed by atoms with Crippen LogP contribution in [0.3, 0.4) is 0 Å². The first-order valence-electron chi connectivity index (χ1n) is 9.81. The molecule has 168 valence electrons. The quantitative estimate of drug-likeness (QED) is 0.582. The smallest absolute Gasteiger partial charge is 0.345 e. The number of alkyl halides is 3. The van der Waals surface area contributed by atoms with Gasteiger partial charge in [-0.05, 0) is 53.8 Å². The number of rotatable bonds is 3. The fraction of sp³-hybridized carbons (Fsp3) is 0.217. The summed E-state index contributed by atoms with van der Waals surface area (Å²) >= 11 is 1.35. The summed E-state index contributed by atoms with van der Waals surface area (Å²) in [6.07, 6.45) is -3.82. The molecule has 2 atom stereocenters. The van der Waals surface area contributed by atoms with Gasteiger partial charge in [0.2, 0.25) is 5.91 Å². The minimum Gasteiger partial charge on any atom is -0.345 e. The molecule has 10 heteroatoms. The topological polar surface area (TPSA) is 92.9 Å². The lowest BCUT2D eigenvalue weighted by Gasteiger charge is -2.44. The lowest BCUT2D eigenvalue weighted by Crippen LogP contribution is -2.62.